The van der Waals surface area contributed by atoms with E-state index in [2.05, 4.69) is 15.5 Å². The van der Waals surface area contributed by atoms with E-state index in [1.54, 1.807) is 12.1 Å². The van der Waals surface area contributed by atoms with E-state index in [9.17, 15) is 19.1 Å². The summed E-state index contributed by atoms with van der Waals surface area (Å²) in [4.78, 5) is 28.2. The van der Waals surface area contributed by atoms with Crippen molar-refractivity contribution in [2.24, 2.45) is 11.8 Å². The van der Waals surface area contributed by atoms with Crippen molar-refractivity contribution >= 4 is 17.5 Å². The highest BCUT2D eigenvalue weighted by atomic mass is 19.1. The van der Waals surface area contributed by atoms with E-state index in [1.807, 2.05) is 12.1 Å². The topological polar surface area (TPSA) is 81.7 Å². The summed E-state index contributed by atoms with van der Waals surface area (Å²) in [5.74, 6) is -0.921. The van der Waals surface area contributed by atoms with Crippen LogP contribution in [-0.4, -0.2) is 41.0 Å². The lowest BCUT2D eigenvalue weighted by molar-refractivity contribution is -0.130. The summed E-state index contributed by atoms with van der Waals surface area (Å²) in [6.45, 7) is 1.70. The van der Waals surface area contributed by atoms with Gasteiger partial charge in [-0.05, 0) is 61.2 Å². The molecule has 3 N–H and O–H groups in total. The van der Waals surface area contributed by atoms with Crippen LogP contribution in [0.4, 0.5) is 10.1 Å². The molecule has 2 amide bonds. The van der Waals surface area contributed by atoms with Gasteiger partial charge in [-0.25, -0.2) is 4.39 Å². The molecule has 2 aromatic carbocycles. The first-order valence-electron chi connectivity index (χ1n) is 11.3. The maximum absolute atomic E-state index is 13.2. The Kier molecular flexibility index (Phi) is 7.05. The highest BCUT2D eigenvalue weighted by molar-refractivity contribution is 5.93. The minimum absolute atomic E-state index is 0.0203. The number of halogens is 1. The van der Waals surface area contributed by atoms with Crippen molar-refractivity contribution in [2.45, 2.75) is 44.7 Å². The molecule has 2 aliphatic rings. The Morgan fingerprint density at radius 3 is 2.22 bits per heavy atom. The molecule has 1 aliphatic heterocycles. The molecule has 1 saturated carbocycles. The van der Waals surface area contributed by atoms with Crippen molar-refractivity contribution in [3.05, 3.63) is 59.9 Å². The Morgan fingerprint density at radius 2 is 1.56 bits per heavy atom. The van der Waals surface area contributed by atoms with Gasteiger partial charge in [0.1, 0.15) is 11.6 Å². The number of aromatic hydroxyl groups is 1. The van der Waals surface area contributed by atoms with Gasteiger partial charge < -0.3 is 15.7 Å². The molecule has 0 spiro atoms. The molecular weight excluding hydrogens is 409 g/mol. The zero-order valence-electron chi connectivity index (χ0n) is 18.1. The van der Waals surface area contributed by atoms with E-state index >= 15 is 0 Å². The van der Waals surface area contributed by atoms with Gasteiger partial charge in [0.05, 0.1) is 11.8 Å². The minimum atomic E-state index is -0.357. The maximum atomic E-state index is 13.2. The van der Waals surface area contributed by atoms with E-state index < -0.39 is 0 Å². The summed E-state index contributed by atoms with van der Waals surface area (Å²) in [7, 11) is 0. The third kappa shape index (κ3) is 5.85. The molecule has 0 bridgehead atoms. The zero-order chi connectivity index (χ0) is 22.5. The number of hydrogen-bond acceptors (Lipinski definition) is 4. The zero-order valence-corrected chi connectivity index (χ0v) is 18.1. The predicted octanol–water partition coefficient (Wildman–Crippen LogP) is 3.67. The molecule has 0 unspecified atom stereocenters. The van der Waals surface area contributed by atoms with Gasteiger partial charge in [0.25, 0.3) is 0 Å². The molecule has 0 radical (unpaired) electrons. The van der Waals surface area contributed by atoms with Gasteiger partial charge in [-0.1, -0.05) is 25.0 Å². The van der Waals surface area contributed by atoms with Crippen LogP contribution in [0.2, 0.25) is 0 Å². The Morgan fingerprint density at radius 1 is 0.938 bits per heavy atom. The van der Waals surface area contributed by atoms with Crippen molar-refractivity contribution in [3.8, 4) is 5.75 Å². The third-order valence-electron chi connectivity index (χ3n) is 6.42. The number of phenolic OH excluding ortho intramolecular Hbond substituents is 1. The van der Waals surface area contributed by atoms with Crippen LogP contribution in [-0.2, 0) is 16.1 Å². The highest BCUT2D eigenvalue weighted by Crippen LogP contribution is 2.27. The van der Waals surface area contributed by atoms with Gasteiger partial charge in [-0.15, -0.1) is 0 Å². The second-order valence-corrected chi connectivity index (χ2v) is 8.98. The van der Waals surface area contributed by atoms with Crippen molar-refractivity contribution < 1.29 is 19.1 Å². The van der Waals surface area contributed by atoms with Crippen LogP contribution in [0.25, 0.3) is 0 Å². The number of phenols is 1. The van der Waals surface area contributed by atoms with Gasteiger partial charge in [0, 0.05) is 31.4 Å². The van der Waals surface area contributed by atoms with Crippen molar-refractivity contribution in [2.75, 3.05) is 18.4 Å². The number of carbonyl (C=O) groups is 2. The number of amides is 2. The first-order valence-corrected chi connectivity index (χ1v) is 11.3. The van der Waals surface area contributed by atoms with Gasteiger partial charge >= 0.3 is 0 Å². The fraction of sp³-hybridized carbons (Fsp3) is 0.440. The number of hydrogen-bond donors (Lipinski definition) is 3. The average Bonchev–Trinajstić information content (AvgIpc) is 3.30. The lowest BCUT2D eigenvalue weighted by Gasteiger charge is -2.37. The third-order valence-corrected chi connectivity index (χ3v) is 6.42. The molecule has 4 rings (SSSR count). The number of benzene rings is 2. The fourth-order valence-corrected chi connectivity index (χ4v) is 4.73. The minimum Gasteiger partial charge on any atom is -0.508 e. The van der Waals surface area contributed by atoms with Crippen molar-refractivity contribution in [1.82, 2.24) is 10.2 Å². The lowest BCUT2D eigenvalue weighted by Crippen LogP contribution is -2.50. The summed E-state index contributed by atoms with van der Waals surface area (Å²) >= 11 is 0. The molecule has 2 atom stereocenters. The first-order chi connectivity index (χ1) is 15.5. The summed E-state index contributed by atoms with van der Waals surface area (Å²) in [6.07, 6.45) is 4.81. The van der Waals surface area contributed by atoms with Crippen molar-refractivity contribution in [1.29, 1.82) is 0 Å². The summed E-state index contributed by atoms with van der Waals surface area (Å²) < 4.78 is 13.2. The Bertz CT molecular complexity index is 926. The summed E-state index contributed by atoms with van der Waals surface area (Å²) in [5.41, 5.74) is 1.55. The summed E-state index contributed by atoms with van der Waals surface area (Å²) in [5, 5.41) is 15.6. The SMILES string of the molecule is O=C(Nc1ccc(F)cc1)[C@@H]1C[C@H](C(=O)NC2CCCC2)CN(Cc2ccc(O)cc2)C1. The molecule has 1 saturated heterocycles. The molecule has 2 fully saturated rings. The van der Waals surface area contributed by atoms with Crippen LogP contribution in [0.5, 0.6) is 5.75 Å². The number of anilines is 1. The molecule has 1 aliphatic carbocycles. The lowest BCUT2D eigenvalue weighted by atomic mass is 9.87. The predicted molar refractivity (Wildman–Crippen MR) is 120 cm³/mol. The second-order valence-electron chi connectivity index (χ2n) is 8.98. The Hall–Kier alpha value is -2.93. The quantitative estimate of drug-likeness (QED) is 0.642. The van der Waals surface area contributed by atoms with Crippen LogP contribution < -0.4 is 10.6 Å². The second kappa shape index (κ2) is 10.1. The molecule has 7 heteroatoms. The molecule has 32 heavy (non-hydrogen) atoms. The first kappa shape index (κ1) is 22.3. The van der Waals surface area contributed by atoms with Gasteiger partial charge in [0.2, 0.25) is 11.8 Å². The van der Waals surface area contributed by atoms with E-state index in [0.717, 1.165) is 31.2 Å². The summed E-state index contributed by atoms with van der Waals surface area (Å²) in [6, 6.07) is 12.9. The maximum Gasteiger partial charge on any atom is 0.228 e. The monoisotopic (exact) mass is 439 g/mol. The number of rotatable bonds is 6. The average molecular weight is 440 g/mol. The smallest absolute Gasteiger partial charge is 0.228 e. The van der Waals surface area contributed by atoms with Crippen LogP contribution >= 0.6 is 0 Å². The van der Waals surface area contributed by atoms with E-state index in [0.29, 0.717) is 31.7 Å². The van der Waals surface area contributed by atoms with Gasteiger partial charge in [-0.2, -0.15) is 0 Å². The normalized spacial score (nSPS) is 21.9. The van der Waals surface area contributed by atoms with Crippen LogP contribution in [0.1, 0.15) is 37.7 Å². The van der Waals surface area contributed by atoms with Crippen LogP contribution in [0.15, 0.2) is 48.5 Å². The molecule has 0 aromatic heterocycles. The molecular formula is C25H30FN3O3. The van der Waals surface area contributed by atoms with E-state index in [4.69, 9.17) is 0 Å². The molecule has 1 heterocycles. The number of nitrogens with one attached hydrogen (secondary N) is 2. The van der Waals surface area contributed by atoms with Gasteiger partial charge in [0.15, 0.2) is 0 Å². The van der Waals surface area contributed by atoms with Gasteiger partial charge in [-0.3, -0.25) is 14.5 Å². The molecule has 2 aromatic rings. The standard InChI is InChI=1S/C25H30FN3O3/c26-20-7-9-22(10-8-20)28-25(32)19-13-18(24(31)27-21-3-1-2-4-21)15-29(16-19)14-17-5-11-23(30)12-6-17/h5-12,18-19,21,30H,1-4,13-16H2,(H,27,31)(H,28,32)/t18-,19+/m0/s1. The number of nitrogens with zero attached hydrogens (tertiary/aromatic N) is 1. The number of carbonyl (C=O) groups excluding carboxylic acids is 2. The highest BCUT2D eigenvalue weighted by Gasteiger charge is 2.36. The number of likely N-dealkylation sites (tertiary alicyclic amines) is 1. The van der Waals surface area contributed by atoms with Crippen molar-refractivity contribution in [3.63, 3.8) is 0 Å². The largest absolute Gasteiger partial charge is 0.508 e. The van der Waals surface area contributed by atoms with Crippen LogP contribution in [0, 0.1) is 17.7 Å². The van der Waals surface area contributed by atoms with E-state index in [1.165, 1.54) is 24.3 Å². The Balaban J connectivity index is 1.46. The Labute approximate surface area is 187 Å². The molecule has 170 valence electrons. The fourth-order valence-electron chi connectivity index (χ4n) is 4.73. The van der Waals surface area contributed by atoms with E-state index in [-0.39, 0.29) is 41.3 Å². The molecule has 6 nitrogen and oxygen atoms in total. The van der Waals surface area contributed by atoms with Crippen LogP contribution in [0.3, 0.4) is 0 Å². The number of piperidine rings is 1.